The molecule has 0 unspecified atom stereocenters. The molecule has 0 saturated carbocycles. The minimum atomic E-state index is -1.10. The second-order valence-corrected chi connectivity index (χ2v) is 7.90. The average Bonchev–Trinajstić information content (AvgIpc) is 3.18. The Morgan fingerprint density at radius 1 is 0.703 bits per heavy atom. The first-order chi connectivity index (χ1) is 17.6. The largest absolute Gasteiger partial charge is 0.508 e. The minimum absolute atomic E-state index is 0.136. The van der Waals surface area contributed by atoms with E-state index >= 15 is 0 Å². The van der Waals surface area contributed by atoms with Crippen LogP contribution in [0.3, 0.4) is 0 Å². The minimum Gasteiger partial charge on any atom is -0.508 e. The number of esters is 1. The van der Waals surface area contributed by atoms with Crippen molar-refractivity contribution in [2.45, 2.75) is 5.60 Å². The lowest BCUT2D eigenvalue weighted by Crippen LogP contribution is -2.29. The van der Waals surface area contributed by atoms with Gasteiger partial charge in [-0.2, -0.15) is 0 Å². The Morgan fingerprint density at radius 3 is 1.76 bits per heavy atom. The third-order valence-corrected chi connectivity index (χ3v) is 5.69. The number of aromatic hydroxyl groups is 3. The number of fused-ring (bicyclic) bond motifs is 1. The monoisotopic (exact) mass is 502 g/mol. The second-order valence-electron chi connectivity index (χ2n) is 7.90. The summed E-state index contributed by atoms with van der Waals surface area (Å²) < 4.78 is 5.87. The number of phenolic OH excluding ortho intramolecular Hbond substituents is 3. The smallest absolute Gasteiger partial charge is 0.340 e. The molecule has 0 aromatic heterocycles. The maximum absolute atomic E-state index is 12.4. The number of cyclic esters (lactones) is 1. The molecule has 0 amide bonds. The van der Waals surface area contributed by atoms with Crippen LogP contribution in [0.1, 0.15) is 27.0 Å². The molecule has 0 aliphatic carbocycles. The fraction of sp³-hybridized carbons (Fsp3) is 0.0385. The molecule has 5 rings (SSSR count). The molecule has 1 aliphatic heterocycles. The number of hydrogen-bond acceptors (Lipinski definition) is 9. The van der Waals surface area contributed by atoms with E-state index in [1.165, 1.54) is 0 Å². The Morgan fingerprint density at radius 2 is 1.24 bits per heavy atom. The number of phenols is 3. The zero-order valence-electron chi connectivity index (χ0n) is 18.8. The van der Waals surface area contributed by atoms with Gasteiger partial charge in [-0.05, 0) is 36.4 Å². The van der Waals surface area contributed by atoms with Crippen molar-refractivity contribution in [2.75, 3.05) is 0 Å². The summed E-state index contributed by atoms with van der Waals surface area (Å²) in [6.45, 7) is 0. The van der Waals surface area contributed by atoms with Crippen LogP contribution in [0.2, 0.25) is 0 Å². The van der Waals surface area contributed by atoms with Crippen LogP contribution < -0.4 is 0 Å². The first-order valence-corrected chi connectivity index (χ1v) is 10.7. The molecule has 4 aromatic rings. The highest BCUT2D eigenvalue weighted by molar-refractivity contribution is 5.96. The highest BCUT2D eigenvalue weighted by Crippen LogP contribution is 2.47. The first-order valence-electron chi connectivity index (χ1n) is 10.7. The van der Waals surface area contributed by atoms with Crippen molar-refractivity contribution in [3.63, 3.8) is 0 Å². The van der Waals surface area contributed by atoms with Gasteiger partial charge in [0.15, 0.2) is 11.4 Å². The number of carbonyl (C=O) groups is 1. The van der Waals surface area contributed by atoms with Crippen LogP contribution in [0.25, 0.3) is 0 Å². The number of ether oxygens (including phenoxy) is 1. The number of hydrogen-bond donors (Lipinski definition) is 3. The molecule has 0 bridgehead atoms. The SMILES string of the molecule is O=C1OC(c2ccc(O)cc2)(c2ccc(O)cc2)c2ccccc21.O=[N+]([O-])c1ccc(O)c([N+](=O)[O-])c1. The molecule has 11 heteroatoms. The van der Waals surface area contributed by atoms with Gasteiger partial charge in [0.05, 0.1) is 21.5 Å². The highest BCUT2D eigenvalue weighted by atomic mass is 16.6. The maximum Gasteiger partial charge on any atom is 0.340 e. The van der Waals surface area contributed by atoms with Crippen molar-refractivity contribution in [2.24, 2.45) is 0 Å². The lowest BCUT2D eigenvalue weighted by atomic mass is 9.80. The topological polar surface area (TPSA) is 173 Å². The molecule has 3 N–H and O–H groups in total. The van der Waals surface area contributed by atoms with Crippen LogP contribution >= 0.6 is 0 Å². The highest BCUT2D eigenvalue weighted by Gasteiger charge is 2.48. The summed E-state index contributed by atoms with van der Waals surface area (Å²) in [7, 11) is 0. The van der Waals surface area contributed by atoms with E-state index in [0.717, 1.165) is 28.8 Å². The van der Waals surface area contributed by atoms with Crippen molar-refractivity contribution >= 4 is 17.3 Å². The fourth-order valence-corrected chi connectivity index (χ4v) is 3.98. The number of nitro groups is 2. The van der Waals surface area contributed by atoms with Crippen molar-refractivity contribution in [3.8, 4) is 17.2 Å². The van der Waals surface area contributed by atoms with Crippen molar-refractivity contribution in [1.82, 2.24) is 0 Å². The van der Waals surface area contributed by atoms with E-state index in [4.69, 9.17) is 9.84 Å². The molecule has 186 valence electrons. The van der Waals surface area contributed by atoms with Crippen LogP contribution in [0.15, 0.2) is 91.0 Å². The van der Waals surface area contributed by atoms with Gasteiger partial charge in [0.2, 0.25) is 0 Å². The van der Waals surface area contributed by atoms with Crippen LogP contribution in [0.4, 0.5) is 11.4 Å². The normalized spacial score (nSPS) is 13.0. The summed E-state index contributed by atoms with van der Waals surface area (Å²) in [5.41, 5.74) is 0.507. The third-order valence-electron chi connectivity index (χ3n) is 5.69. The molecule has 4 aromatic carbocycles. The Bertz CT molecular complexity index is 1450. The van der Waals surface area contributed by atoms with Crippen LogP contribution in [-0.4, -0.2) is 31.1 Å². The van der Waals surface area contributed by atoms with E-state index in [1.807, 2.05) is 12.1 Å². The number of carbonyl (C=O) groups excluding carboxylic acids is 1. The Balaban J connectivity index is 0.000000209. The van der Waals surface area contributed by atoms with Crippen LogP contribution in [0, 0.1) is 20.2 Å². The number of nitro benzene ring substituents is 2. The molecule has 0 atom stereocenters. The maximum atomic E-state index is 12.4. The molecule has 0 fully saturated rings. The van der Waals surface area contributed by atoms with Gasteiger partial charge in [-0.3, -0.25) is 20.2 Å². The Hall–Kier alpha value is -5.45. The summed E-state index contributed by atoms with van der Waals surface area (Å²) in [5, 5.41) is 48.5. The second kappa shape index (κ2) is 9.66. The molecule has 0 saturated heterocycles. The quantitative estimate of drug-likeness (QED) is 0.202. The molecule has 1 aliphatic rings. The molecular formula is C26H18N2O9. The average molecular weight is 502 g/mol. The van der Waals surface area contributed by atoms with Crippen molar-refractivity contribution < 1.29 is 34.7 Å². The van der Waals surface area contributed by atoms with Gasteiger partial charge in [-0.25, -0.2) is 4.79 Å². The predicted molar refractivity (Wildman–Crippen MR) is 129 cm³/mol. The predicted octanol–water partition coefficient (Wildman–Crippen LogP) is 4.77. The van der Waals surface area contributed by atoms with Gasteiger partial charge >= 0.3 is 11.7 Å². The Labute approximate surface area is 208 Å². The van der Waals surface area contributed by atoms with E-state index in [1.54, 1.807) is 60.7 Å². The summed E-state index contributed by atoms with van der Waals surface area (Å²) >= 11 is 0. The molecule has 11 nitrogen and oxygen atoms in total. The van der Waals surface area contributed by atoms with Gasteiger partial charge in [0.1, 0.15) is 11.5 Å². The molecule has 1 heterocycles. The van der Waals surface area contributed by atoms with Crippen LogP contribution in [-0.2, 0) is 10.3 Å². The van der Waals surface area contributed by atoms with Gasteiger partial charge < -0.3 is 20.1 Å². The number of nitrogens with zero attached hydrogens (tertiary/aromatic N) is 2. The molecule has 0 radical (unpaired) electrons. The lowest BCUT2D eigenvalue weighted by Gasteiger charge is -2.30. The van der Waals surface area contributed by atoms with E-state index in [-0.39, 0.29) is 11.5 Å². The van der Waals surface area contributed by atoms with Crippen molar-refractivity contribution in [3.05, 3.63) is 133 Å². The van der Waals surface area contributed by atoms with Gasteiger partial charge in [-0.1, -0.05) is 42.5 Å². The van der Waals surface area contributed by atoms with E-state index in [0.29, 0.717) is 11.6 Å². The Kier molecular flexibility index (Phi) is 6.44. The van der Waals surface area contributed by atoms with E-state index < -0.39 is 38.5 Å². The summed E-state index contributed by atoms with van der Waals surface area (Å²) in [4.78, 5) is 31.2. The van der Waals surface area contributed by atoms with Gasteiger partial charge in [0, 0.05) is 22.8 Å². The van der Waals surface area contributed by atoms with Gasteiger partial charge in [0.25, 0.3) is 5.69 Å². The van der Waals surface area contributed by atoms with Gasteiger partial charge in [-0.15, -0.1) is 0 Å². The van der Waals surface area contributed by atoms with Crippen molar-refractivity contribution in [1.29, 1.82) is 0 Å². The fourth-order valence-electron chi connectivity index (χ4n) is 3.98. The number of benzene rings is 4. The molecule has 37 heavy (non-hydrogen) atoms. The first kappa shape index (κ1) is 24.7. The summed E-state index contributed by atoms with van der Waals surface area (Å²) in [5.74, 6) is -0.711. The lowest BCUT2D eigenvalue weighted by molar-refractivity contribution is -0.394. The van der Waals surface area contributed by atoms with E-state index in [9.17, 15) is 35.2 Å². The standard InChI is InChI=1S/C20H14O4.C6H4N2O5/c21-15-9-5-13(6-10-15)20(14-7-11-16(22)12-8-14)18-4-2-1-3-17(18)19(23)24-20;9-6-2-1-4(7(10)11)3-5(6)8(12)13/h1-12,21-22H;1-3,9H. The summed E-state index contributed by atoms with van der Waals surface area (Å²) in [6, 6.07) is 23.0. The molecule has 0 spiro atoms. The molecular weight excluding hydrogens is 484 g/mol. The third kappa shape index (κ3) is 4.60. The summed E-state index contributed by atoms with van der Waals surface area (Å²) in [6.07, 6.45) is 0. The number of non-ortho nitro benzene ring substituents is 1. The zero-order chi connectivity index (χ0) is 26.7. The number of rotatable bonds is 4. The van der Waals surface area contributed by atoms with E-state index in [2.05, 4.69) is 0 Å². The van der Waals surface area contributed by atoms with Crippen LogP contribution in [0.5, 0.6) is 17.2 Å². The zero-order valence-corrected chi connectivity index (χ0v) is 18.8.